The van der Waals surface area contributed by atoms with Crippen LogP contribution in [-0.2, 0) is 27.1 Å². The van der Waals surface area contributed by atoms with Gasteiger partial charge in [-0.1, -0.05) is 0 Å². The molecular weight excluding hydrogens is 456 g/mol. The second kappa shape index (κ2) is 9.31. The summed E-state index contributed by atoms with van der Waals surface area (Å²) in [5, 5.41) is 12.4. The molecule has 0 radical (unpaired) electrons. The van der Waals surface area contributed by atoms with Crippen molar-refractivity contribution in [1.29, 1.82) is 5.26 Å². The SMILES string of the molecule is CCOC(=O)C(NC(=O)Nc1sc2c(c1C#N)CCCC2)(OCC(F)(F)F)C(F)(F)F. The fourth-order valence-electron chi connectivity index (χ4n) is 2.90. The highest BCUT2D eigenvalue weighted by molar-refractivity contribution is 7.16. The van der Waals surface area contributed by atoms with Gasteiger partial charge in [0.2, 0.25) is 0 Å². The summed E-state index contributed by atoms with van der Waals surface area (Å²) < 4.78 is 86.7. The molecule has 0 aromatic carbocycles. The van der Waals surface area contributed by atoms with Gasteiger partial charge >= 0.3 is 30.1 Å². The third-order valence-corrected chi connectivity index (χ3v) is 5.42. The van der Waals surface area contributed by atoms with Gasteiger partial charge in [-0.15, -0.1) is 11.3 Å². The number of nitrogens with zero attached hydrogens (tertiary/aromatic N) is 1. The Kier molecular flexibility index (Phi) is 7.43. The lowest BCUT2D eigenvalue weighted by molar-refractivity contribution is -0.305. The first-order valence-corrected chi connectivity index (χ1v) is 9.74. The molecule has 2 N–H and O–H groups in total. The zero-order chi connectivity index (χ0) is 23.4. The third-order valence-electron chi connectivity index (χ3n) is 4.21. The van der Waals surface area contributed by atoms with Crippen LogP contribution in [0.15, 0.2) is 0 Å². The van der Waals surface area contributed by atoms with Crippen molar-refractivity contribution in [2.45, 2.75) is 50.7 Å². The standard InChI is InChI=1S/C17H17F6N3O4S/c1-2-29-13(27)16(17(21,22)23,30-8-15(18,19)20)26-14(28)25-12-10(7-24)9-5-3-4-6-11(9)31-12/h2-6,8H2,1H3,(H2,25,26,28). The molecule has 1 atom stereocenters. The molecule has 0 saturated carbocycles. The van der Waals surface area contributed by atoms with Gasteiger partial charge in [-0.2, -0.15) is 31.6 Å². The van der Waals surface area contributed by atoms with E-state index >= 15 is 0 Å². The van der Waals surface area contributed by atoms with E-state index in [4.69, 9.17) is 0 Å². The molecule has 1 aliphatic carbocycles. The minimum absolute atomic E-state index is 0.0554. The van der Waals surface area contributed by atoms with E-state index in [0.29, 0.717) is 18.4 Å². The maximum atomic E-state index is 13.7. The lowest BCUT2D eigenvalue weighted by Crippen LogP contribution is -2.67. The van der Waals surface area contributed by atoms with Gasteiger partial charge in [-0.25, -0.2) is 9.59 Å². The number of nitrogens with one attached hydrogen (secondary N) is 2. The van der Waals surface area contributed by atoms with E-state index in [1.165, 1.54) is 0 Å². The number of carbonyl (C=O) groups is 2. The maximum Gasteiger partial charge on any atom is 0.448 e. The normalized spacial score (nSPS) is 15.9. The van der Waals surface area contributed by atoms with Crippen molar-refractivity contribution in [3.05, 3.63) is 16.0 Å². The molecule has 14 heteroatoms. The zero-order valence-electron chi connectivity index (χ0n) is 16.0. The van der Waals surface area contributed by atoms with E-state index in [2.05, 4.69) is 9.47 Å². The van der Waals surface area contributed by atoms with Crippen LogP contribution >= 0.6 is 11.3 Å². The molecule has 0 saturated heterocycles. The number of fused-ring (bicyclic) bond motifs is 1. The summed E-state index contributed by atoms with van der Waals surface area (Å²) in [7, 11) is 0. The van der Waals surface area contributed by atoms with Gasteiger partial charge in [0, 0.05) is 4.88 Å². The minimum atomic E-state index is -5.80. The number of amides is 2. The molecule has 1 aromatic heterocycles. The Balaban J connectivity index is 2.35. The van der Waals surface area contributed by atoms with E-state index in [-0.39, 0.29) is 10.6 Å². The average molecular weight is 473 g/mol. The fraction of sp³-hybridized carbons (Fsp3) is 0.588. The van der Waals surface area contributed by atoms with Crippen molar-refractivity contribution >= 4 is 28.3 Å². The van der Waals surface area contributed by atoms with Crippen LogP contribution in [0, 0.1) is 11.3 Å². The molecule has 0 fully saturated rings. The molecule has 0 spiro atoms. The minimum Gasteiger partial charge on any atom is -0.462 e. The molecule has 1 unspecified atom stereocenters. The van der Waals surface area contributed by atoms with Crippen LogP contribution in [0.5, 0.6) is 0 Å². The number of halogens is 6. The van der Waals surface area contributed by atoms with Crippen molar-refractivity contribution in [3.8, 4) is 6.07 Å². The number of hydrogen-bond donors (Lipinski definition) is 2. The van der Waals surface area contributed by atoms with Gasteiger partial charge in [0.05, 0.1) is 12.2 Å². The average Bonchev–Trinajstić information content (AvgIpc) is 3.00. The number of anilines is 1. The first kappa shape index (κ1) is 24.7. The summed E-state index contributed by atoms with van der Waals surface area (Å²) in [4.78, 5) is 25.0. The number of thiophene rings is 1. The van der Waals surface area contributed by atoms with Crippen molar-refractivity contribution in [3.63, 3.8) is 0 Å². The Morgan fingerprint density at radius 3 is 2.35 bits per heavy atom. The van der Waals surface area contributed by atoms with Crippen LogP contribution in [0.2, 0.25) is 0 Å². The predicted octanol–water partition coefficient (Wildman–Crippen LogP) is 4.02. The number of esters is 1. The van der Waals surface area contributed by atoms with Crippen molar-refractivity contribution in [1.82, 2.24) is 5.32 Å². The van der Waals surface area contributed by atoms with E-state index < -0.39 is 43.3 Å². The number of ether oxygens (including phenoxy) is 2. The Morgan fingerprint density at radius 1 is 1.16 bits per heavy atom. The molecule has 2 rings (SSSR count). The largest absolute Gasteiger partial charge is 0.462 e. The summed E-state index contributed by atoms with van der Waals surface area (Å²) in [6, 6.07) is 0.172. The van der Waals surface area contributed by atoms with Crippen molar-refractivity contribution in [2.75, 3.05) is 18.5 Å². The van der Waals surface area contributed by atoms with E-state index in [1.54, 1.807) is 0 Å². The maximum absolute atomic E-state index is 13.7. The molecule has 1 aliphatic rings. The molecular formula is C17H17F6N3O4S. The number of alkyl halides is 6. The quantitative estimate of drug-likeness (QED) is 0.369. The van der Waals surface area contributed by atoms with Gasteiger partial charge in [-0.3, -0.25) is 10.6 Å². The molecule has 7 nitrogen and oxygen atoms in total. The summed E-state index contributed by atoms with van der Waals surface area (Å²) in [6.07, 6.45) is -8.26. The van der Waals surface area contributed by atoms with Crippen LogP contribution in [0.3, 0.4) is 0 Å². The number of carbonyl (C=O) groups excluding carboxylic acids is 2. The highest BCUT2D eigenvalue weighted by atomic mass is 32.1. The van der Waals surface area contributed by atoms with E-state index in [9.17, 15) is 41.2 Å². The lowest BCUT2D eigenvalue weighted by atomic mass is 9.96. The summed E-state index contributed by atoms with van der Waals surface area (Å²) in [5.41, 5.74) is -3.69. The fourth-order valence-corrected chi connectivity index (χ4v) is 4.14. The summed E-state index contributed by atoms with van der Waals surface area (Å²) in [6.45, 7) is -1.98. The van der Waals surface area contributed by atoms with Gasteiger partial charge in [0.1, 0.15) is 17.7 Å². The molecule has 1 aromatic rings. The molecule has 0 bridgehead atoms. The van der Waals surface area contributed by atoms with E-state index in [0.717, 1.165) is 41.3 Å². The van der Waals surface area contributed by atoms with Crippen molar-refractivity contribution < 1.29 is 45.4 Å². The first-order valence-electron chi connectivity index (χ1n) is 8.93. The Morgan fingerprint density at radius 2 is 1.81 bits per heavy atom. The number of urea groups is 1. The molecule has 2 amide bonds. The number of aryl methyl sites for hydroxylation is 1. The second-order valence-electron chi connectivity index (χ2n) is 6.41. The van der Waals surface area contributed by atoms with Gasteiger partial charge in [-0.05, 0) is 38.2 Å². The summed E-state index contributed by atoms with van der Waals surface area (Å²) >= 11 is 0.972. The van der Waals surface area contributed by atoms with Crippen molar-refractivity contribution in [2.24, 2.45) is 0 Å². The molecule has 1 heterocycles. The third kappa shape index (κ3) is 5.59. The predicted molar refractivity (Wildman–Crippen MR) is 95.3 cm³/mol. The molecule has 172 valence electrons. The number of nitriles is 1. The first-order chi connectivity index (χ1) is 14.3. The highest BCUT2D eigenvalue weighted by Crippen LogP contribution is 2.38. The van der Waals surface area contributed by atoms with E-state index in [1.807, 2.05) is 11.4 Å². The zero-order valence-corrected chi connectivity index (χ0v) is 16.8. The van der Waals surface area contributed by atoms with Crippen LogP contribution in [-0.4, -0.2) is 43.3 Å². The Bertz CT molecular complexity index is 877. The summed E-state index contributed by atoms with van der Waals surface area (Å²) in [5.74, 6) is -2.27. The highest BCUT2D eigenvalue weighted by Gasteiger charge is 2.66. The van der Waals surface area contributed by atoms with Crippen LogP contribution in [0.1, 0.15) is 35.8 Å². The topological polar surface area (TPSA) is 100 Å². The van der Waals surface area contributed by atoms with Crippen LogP contribution in [0.4, 0.5) is 36.1 Å². The number of hydrogen-bond acceptors (Lipinski definition) is 6. The Labute approximate surface area is 176 Å². The lowest BCUT2D eigenvalue weighted by Gasteiger charge is -2.33. The smallest absolute Gasteiger partial charge is 0.448 e. The second-order valence-corrected chi connectivity index (χ2v) is 7.51. The van der Waals surface area contributed by atoms with Gasteiger partial charge in [0.15, 0.2) is 0 Å². The molecule has 0 aliphatic heterocycles. The van der Waals surface area contributed by atoms with Crippen LogP contribution in [0.25, 0.3) is 0 Å². The Hall–Kier alpha value is -2.53. The molecule has 31 heavy (non-hydrogen) atoms. The van der Waals surface area contributed by atoms with Crippen LogP contribution < -0.4 is 10.6 Å². The van der Waals surface area contributed by atoms with Gasteiger partial charge in [0.25, 0.3) is 0 Å². The van der Waals surface area contributed by atoms with Gasteiger partial charge < -0.3 is 9.47 Å². The monoisotopic (exact) mass is 473 g/mol. The number of rotatable bonds is 6.